The third-order valence-corrected chi connectivity index (χ3v) is 5.09. The number of ether oxygens (including phenoxy) is 1. The highest BCUT2D eigenvalue weighted by Gasteiger charge is 2.48. The van der Waals surface area contributed by atoms with E-state index in [0.717, 1.165) is 11.1 Å². The summed E-state index contributed by atoms with van der Waals surface area (Å²) in [6, 6.07) is 8.74. The van der Waals surface area contributed by atoms with Gasteiger partial charge in [-0.1, -0.05) is 42.0 Å². The number of hydrogen-bond acceptors (Lipinski definition) is 4. The SMILES string of the molecule is C/C=C1/CN(C(=O)OCc2ccccc2)[C@H]2C[C@@H]1[C@@H](C(=O)O)CC2=O. The molecule has 0 spiro atoms. The van der Waals surface area contributed by atoms with E-state index in [1.54, 1.807) is 0 Å². The first-order chi connectivity index (χ1) is 12.0. The van der Waals surface area contributed by atoms with Gasteiger partial charge in [0.15, 0.2) is 5.78 Å². The zero-order valence-electron chi connectivity index (χ0n) is 14.1. The molecule has 1 heterocycles. The van der Waals surface area contributed by atoms with E-state index in [9.17, 15) is 19.5 Å². The van der Waals surface area contributed by atoms with Gasteiger partial charge in [-0.3, -0.25) is 14.5 Å². The first-order valence-corrected chi connectivity index (χ1v) is 8.39. The second kappa shape index (κ2) is 7.09. The van der Waals surface area contributed by atoms with Crippen molar-refractivity contribution >= 4 is 17.8 Å². The number of nitrogens with zero attached hydrogens (tertiary/aromatic N) is 1. The van der Waals surface area contributed by atoms with E-state index in [0.29, 0.717) is 6.42 Å². The highest BCUT2D eigenvalue weighted by atomic mass is 16.6. The Morgan fingerprint density at radius 2 is 2.04 bits per heavy atom. The molecule has 6 heteroatoms. The van der Waals surface area contributed by atoms with Crippen molar-refractivity contribution in [2.45, 2.75) is 32.4 Å². The minimum Gasteiger partial charge on any atom is -0.481 e. The molecule has 1 saturated heterocycles. The maximum Gasteiger partial charge on any atom is 0.411 e. The Bertz CT molecular complexity index is 712. The smallest absolute Gasteiger partial charge is 0.411 e. The molecule has 1 aromatic rings. The number of aliphatic carboxylic acids is 1. The van der Waals surface area contributed by atoms with Crippen LogP contribution in [-0.2, 0) is 20.9 Å². The molecule has 2 aliphatic rings. The van der Waals surface area contributed by atoms with Gasteiger partial charge in [-0.25, -0.2) is 4.79 Å². The predicted octanol–water partition coefficient (Wildman–Crippen LogP) is 2.63. The van der Waals surface area contributed by atoms with Crippen LogP contribution in [0.4, 0.5) is 4.79 Å². The lowest BCUT2D eigenvalue weighted by Crippen LogP contribution is -2.56. The van der Waals surface area contributed by atoms with Gasteiger partial charge < -0.3 is 9.84 Å². The number of hydrogen-bond donors (Lipinski definition) is 1. The lowest BCUT2D eigenvalue weighted by atomic mass is 9.69. The van der Waals surface area contributed by atoms with Gasteiger partial charge in [0.2, 0.25) is 0 Å². The number of Topliss-reactive ketones (excluding diaryl/α,β-unsaturated/α-hetero) is 1. The summed E-state index contributed by atoms with van der Waals surface area (Å²) in [6.07, 6.45) is 1.64. The van der Waals surface area contributed by atoms with Gasteiger partial charge in [0.05, 0.1) is 12.0 Å². The molecule has 2 fully saturated rings. The van der Waals surface area contributed by atoms with Crippen LogP contribution in [0.15, 0.2) is 42.0 Å². The number of carbonyl (C=O) groups excluding carboxylic acids is 2. The summed E-state index contributed by atoms with van der Waals surface area (Å²) >= 11 is 0. The molecule has 0 aromatic heterocycles. The molecule has 1 aromatic carbocycles. The topological polar surface area (TPSA) is 83.9 Å². The highest BCUT2D eigenvalue weighted by molar-refractivity contribution is 5.92. The van der Waals surface area contributed by atoms with Crippen LogP contribution in [-0.4, -0.2) is 40.4 Å². The number of benzene rings is 1. The number of ketones is 1. The van der Waals surface area contributed by atoms with Gasteiger partial charge in [-0.05, 0) is 24.8 Å². The normalized spacial score (nSPS) is 27.2. The Morgan fingerprint density at radius 3 is 2.68 bits per heavy atom. The van der Waals surface area contributed by atoms with Crippen molar-refractivity contribution in [3.8, 4) is 0 Å². The molecule has 1 saturated carbocycles. The summed E-state index contributed by atoms with van der Waals surface area (Å²) in [5.74, 6) is -2.03. The zero-order valence-corrected chi connectivity index (χ0v) is 14.1. The summed E-state index contributed by atoms with van der Waals surface area (Å²) in [4.78, 5) is 37.8. The lowest BCUT2D eigenvalue weighted by molar-refractivity contribution is -0.149. The number of amides is 1. The lowest BCUT2D eigenvalue weighted by Gasteiger charge is -2.45. The molecule has 3 rings (SSSR count). The number of carboxylic acid groups (broad SMARTS) is 1. The second-order valence-electron chi connectivity index (χ2n) is 6.50. The fourth-order valence-corrected chi connectivity index (χ4v) is 3.73. The largest absolute Gasteiger partial charge is 0.481 e. The molecule has 1 aliphatic heterocycles. The molecule has 25 heavy (non-hydrogen) atoms. The first kappa shape index (κ1) is 17.2. The summed E-state index contributed by atoms with van der Waals surface area (Å²) in [6.45, 7) is 2.22. The van der Waals surface area contributed by atoms with E-state index >= 15 is 0 Å². The number of likely N-dealkylation sites (tertiary alicyclic amines) is 1. The Kier molecular flexibility index (Phi) is 4.88. The van der Waals surface area contributed by atoms with Crippen LogP contribution in [0.1, 0.15) is 25.3 Å². The van der Waals surface area contributed by atoms with E-state index in [4.69, 9.17) is 4.74 Å². The van der Waals surface area contributed by atoms with Crippen molar-refractivity contribution in [1.82, 2.24) is 4.90 Å². The predicted molar refractivity (Wildman–Crippen MR) is 89.7 cm³/mol. The van der Waals surface area contributed by atoms with Crippen molar-refractivity contribution in [1.29, 1.82) is 0 Å². The molecule has 132 valence electrons. The maximum absolute atomic E-state index is 12.5. The Balaban J connectivity index is 1.73. The van der Waals surface area contributed by atoms with Crippen molar-refractivity contribution in [2.24, 2.45) is 11.8 Å². The van der Waals surface area contributed by atoms with E-state index in [1.165, 1.54) is 4.90 Å². The summed E-state index contributed by atoms with van der Waals surface area (Å²) < 4.78 is 5.37. The van der Waals surface area contributed by atoms with Gasteiger partial charge in [-0.2, -0.15) is 0 Å². The zero-order chi connectivity index (χ0) is 18.0. The van der Waals surface area contributed by atoms with Crippen LogP contribution in [0, 0.1) is 11.8 Å². The van der Waals surface area contributed by atoms with Gasteiger partial charge in [-0.15, -0.1) is 0 Å². The number of rotatable bonds is 3. The fraction of sp³-hybridized carbons (Fsp3) is 0.421. The van der Waals surface area contributed by atoms with E-state index in [2.05, 4.69) is 0 Å². The number of carboxylic acids is 1. The third kappa shape index (κ3) is 3.43. The van der Waals surface area contributed by atoms with Crippen LogP contribution in [0.5, 0.6) is 0 Å². The Morgan fingerprint density at radius 1 is 1.32 bits per heavy atom. The van der Waals surface area contributed by atoms with Gasteiger partial charge >= 0.3 is 12.1 Å². The van der Waals surface area contributed by atoms with Crippen molar-refractivity contribution in [3.63, 3.8) is 0 Å². The Labute approximate surface area is 146 Å². The fourth-order valence-electron chi connectivity index (χ4n) is 3.73. The molecule has 0 unspecified atom stereocenters. The van der Waals surface area contributed by atoms with E-state index in [1.807, 2.05) is 43.3 Å². The first-order valence-electron chi connectivity index (χ1n) is 8.39. The van der Waals surface area contributed by atoms with Crippen LogP contribution in [0.2, 0.25) is 0 Å². The van der Waals surface area contributed by atoms with Crippen molar-refractivity contribution in [3.05, 3.63) is 47.5 Å². The molecular weight excluding hydrogens is 322 g/mol. The summed E-state index contributed by atoms with van der Waals surface area (Å²) in [5, 5.41) is 9.38. The van der Waals surface area contributed by atoms with Crippen LogP contribution >= 0.6 is 0 Å². The van der Waals surface area contributed by atoms with E-state index < -0.39 is 24.0 Å². The second-order valence-corrected chi connectivity index (χ2v) is 6.50. The van der Waals surface area contributed by atoms with Crippen LogP contribution in [0.25, 0.3) is 0 Å². The van der Waals surface area contributed by atoms with Gasteiger partial charge in [0.1, 0.15) is 6.61 Å². The molecule has 1 amide bonds. The highest BCUT2D eigenvalue weighted by Crippen LogP contribution is 2.40. The Hall–Kier alpha value is -2.63. The number of piperidine rings is 1. The molecule has 0 radical (unpaired) electrons. The van der Waals surface area contributed by atoms with Crippen molar-refractivity contribution in [2.75, 3.05) is 6.54 Å². The number of fused-ring (bicyclic) bond motifs is 2. The number of allylic oxidation sites excluding steroid dienone is 1. The monoisotopic (exact) mass is 343 g/mol. The molecule has 2 bridgehead atoms. The summed E-state index contributed by atoms with van der Waals surface area (Å²) in [7, 11) is 0. The summed E-state index contributed by atoms with van der Waals surface area (Å²) in [5.41, 5.74) is 1.76. The minimum atomic E-state index is -0.948. The van der Waals surface area contributed by atoms with E-state index in [-0.39, 0.29) is 31.3 Å². The van der Waals surface area contributed by atoms with Crippen LogP contribution < -0.4 is 0 Å². The average molecular weight is 343 g/mol. The molecule has 1 N–H and O–H groups in total. The molecule has 6 nitrogen and oxygen atoms in total. The third-order valence-electron chi connectivity index (χ3n) is 5.09. The molecule has 1 aliphatic carbocycles. The molecule has 3 atom stereocenters. The number of carbonyl (C=O) groups is 3. The van der Waals surface area contributed by atoms with Gasteiger partial charge in [0.25, 0.3) is 0 Å². The van der Waals surface area contributed by atoms with Gasteiger partial charge in [0, 0.05) is 13.0 Å². The minimum absolute atomic E-state index is 0.0372. The van der Waals surface area contributed by atoms with Crippen LogP contribution in [0.3, 0.4) is 0 Å². The average Bonchev–Trinajstić information content (AvgIpc) is 2.63. The quantitative estimate of drug-likeness (QED) is 0.853. The standard InChI is InChI=1S/C19H21NO5/c1-2-13-10-20(19(24)25-11-12-6-4-3-5-7-12)16-8-14(13)15(18(22)23)9-17(16)21/h2-7,14-16H,8-11H2,1H3,(H,22,23)/b13-2-/t14-,15-,16-/m0/s1. The molecular formula is C19H21NO5. The van der Waals surface area contributed by atoms with Crippen molar-refractivity contribution < 1.29 is 24.2 Å². The maximum atomic E-state index is 12.5.